The highest BCUT2D eigenvalue weighted by Gasteiger charge is 2.08. The molecule has 5 heteroatoms. The van der Waals surface area contributed by atoms with Gasteiger partial charge in [-0.05, 0) is 39.7 Å². The first-order valence-corrected chi connectivity index (χ1v) is 6.70. The highest BCUT2D eigenvalue weighted by Crippen LogP contribution is 2.21. The summed E-state index contributed by atoms with van der Waals surface area (Å²) in [6.07, 6.45) is 1.74. The third kappa shape index (κ3) is 2.43. The second kappa shape index (κ2) is 5.03. The van der Waals surface area contributed by atoms with Crippen LogP contribution in [-0.4, -0.2) is 4.57 Å². The Bertz CT molecular complexity index is 599. The largest absolute Gasteiger partial charge is 0.307 e. The predicted molar refractivity (Wildman–Crippen MR) is 70.8 cm³/mol. The zero-order valence-electron chi connectivity index (χ0n) is 8.62. The summed E-state index contributed by atoms with van der Waals surface area (Å²) in [6.45, 7) is 0. The molecule has 1 heterocycles. The zero-order chi connectivity index (χ0) is 12.4. The molecular weight excluding hydrogens is 351 g/mol. The van der Waals surface area contributed by atoms with Crippen molar-refractivity contribution in [1.82, 2.24) is 4.57 Å². The van der Waals surface area contributed by atoms with Crippen LogP contribution in [-0.2, 0) is 5.33 Å². The van der Waals surface area contributed by atoms with Crippen LogP contribution >= 0.6 is 31.9 Å². The molecule has 17 heavy (non-hydrogen) atoms. The Balaban J connectivity index is 2.54. The first-order valence-electron chi connectivity index (χ1n) is 4.78. The van der Waals surface area contributed by atoms with E-state index in [1.165, 1.54) is 6.07 Å². The Morgan fingerprint density at radius 1 is 1.35 bits per heavy atom. The molecule has 2 nitrogen and oxygen atoms in total. The topological polar surface area (TPSA) is 28.7 Å². The van der Waals surface area contributed by atoms with Gasteiger partial charge in [0.2, 0.25) is 0 Å². The summed E-state index contributed by atoms with van der Waals surface area (Å²) >= 11 is 6.51. The number of nitriles is 1. The summed E-state index contributed by atoms with van der Waals surface area (Å²) < 4.78 is 16.1. The lowest BCUT2D eigenvalue weighted by Gasteiger charge is -2.06. The predicted octanol–water partition coefficient (Wildman–Crippen LogP) is 4.15. The fourth-order valence-electron chi connectivity index (χ4n) is 1.52. The number of aromatic nitrogens is 1. The highest BCUT2D eigenvalue weighted by molar-refractivity contribution is 9.10. The molecule has 86 valence electrons. The molecule has 0 aliphatic heterocycles. The minimum atomic E-state index is -0.284. The Morgan fingerprint density at radius 2 is 2.12 bits per heavy atom. The van der Waals surface area contributed by atoms with Crippen LogP contribution < -0.4 is 0 Å². The fourth-order valence-corrected chi connectivity index (χ4v) is 2.40. The van der Waals surface area contributed by atoms with Gasteiger partial charge in [-0.25, -0.2) is 4.39 Å². The number of hydrogen-bond acceptors (Lipinski definition) is 1. The van der Waals surface area contributed by atoms with Crippen molar-refractivity contribution < 1.29 is 4.39 Å². The van der Waals surface area contributed by atoms with Gasteiger partial charge in [0.25, 0.3) is 0 Å². The molecular formula is C12H7Br2FN2. The molecule has 0 aliphatic carbocycles. The molecule has 0 N–H and O–H groups in total. The Labute approximate surface area is 115 Å². The molecule has 0 saturated carbocycles. The molecule has 2 aromatic rings. The third-order valence-electron chi connectivity index (χ3n) is 2.36. The van der Waals surface area contributed by atoms with Crippen molar-refractivity contribution in [3.8, 4) is 11.8 Å². The quantitative estimate of drug-likeness (QED) is 0.742. The van der Waals surface area contributed by atoms with Gasteiger partial charge < -0.3 is 4.57 Å². The van der Waals surface area contributed by atoms with E-state index in [1.807, 2.05) is 0 Å². The van der Waals surface area contributed by atoms with Gasteiger partial charge in [0.1, 0.15) is 17.6 Å². The molecule has 0 unspecified atom stereocenters. The van der Waals surface area contributed by atoms with Crippen molar-refractivity contribution >= 4 is 31.9 Å². The van der Waals surface area contributed by atoms with Gasteiger partial charge in [-0.1, -0.05) is 22.0 Å². The minimum absolute atomic E-state index is 0.284. The van der Waals surface area contributed by atoms with E-state index in [0.717, 1.165) is 4.47 Å². The molecule has 0 amide bonds. The molecule has 0 atom stereocenters. The van der Waals surface area contributed by atoms with Crippen LogP contribution in [0.25, 0.3) is 5.69 Å². The molecule has 0 saturated heterocycles. The summed E-state index contributed by atoms with van der Waals surface area (Å²) in [5.41, 5.74) is 1.69. The first-order chi connectivity index (χ1) is 8.15. The lowest BCUT2D eigenvalue weighted by atomic mass is 10.2. The van der Waals surface area contributed by atoms with Crippen LogP contribution in [0.3, 0.4) is 0 Å². The number of hydrogen-bond donors (Lipinski definition) is 0. The standard InChI is InChI=1S/C12H7Br2FN2/c13-5-8-1-2-10(4-12(8)15)17-7-9(14)3-11(17)6-16/h1-4,7H,5H2. The third-order valence-corrected chi connectivity index (χ3v) is 3.40. The fraction of sp³-hybridized carbons (Fsp3) is 0.0833. The van der Waals surface area contributed by atoms with Crippen LogP contribution in [0.1, 0.15) is 11.3 Å². The maximum absolute atomic E-state index is 13.6. The van der Waals surface area contributed by atoms with E-state index in [0.29, 0.717) is 22.3 Å². The SMILES string of the molecule is N#Cc1cc(Br)cn1-c1ccc(CBr)c(F)c1. The monoisotopic (exact) mass is 356 g/mol. The van der Waals surface area contributed by atoms with E-state index >= 15 is 0 Å². The lowest BCUT2D eigenvalue weighted by molar-refractivity contribution is 0.616. The summed E-state index contributed by atoms with van der Waals surface area (Å²) in [6, 6.07) is 8.66. The van der Waals surface area contributed by atoms with Crippen LogP contribution in [0.15, 0.2) is 34.9 Å². The van der Waals surface area contributed by atoms with Gasteiger partial charge in [0.05, 0.1) is 0 Å². The summed E-state index contributed by atoms with van der Waals surface area (Å²) in [4.78, 5) is 0. The molecule has 0 bridgehead atoms. The zero-order valence-corrected chi connectivity index (χ0v) is 11.8. The molecule has 0 fully saturated rings. The van der Waals surface area contributed by atoms with E-state index in [4.69, 9.17) is 5.26 Å². The number of rotatable bonds is 2. The second-order valence-electron chi connectivity index (χ2n) is 3.43. The second-order valence-corrected chi connectivity index (χ2v) is 4.91. The van der Waals surface area contributed by atoms with Crippen molar-refractivity contribution in [2.75, 3.05) is 0 Å². The van der Waals surface area contributed by atoms with Crippen LogP contribution in [0.5, 0.6) is 0 Å². The summed E-state index contributed by atoms with van der Waals surface area (Å²) in [5.74, 6) is -0.284. The first kappa shape index (κ1) is 12.3. The van der Waals surface area contributed by atoms with Gasteiger partial charge in [-0.15, -0.1) is 0 Å². The number of alkyl halides is 1. The van der Waals surface area contributed by atoms with E-state index in [9.17, 15) is 4.39 Å². The maximum atomic E-state index is 13.6. The number of halogens is 3. The van der Waals surface area contributed by atoms with Crippen LogP contribution in [0.2, 0.25) is 0 Å². The molecule has 0 aliphatic rings. The molecule has 0 spiro atoms. The van der Waals surface area contributed by atoms with Gasteiger partial charge in [0, 0.05) is 21.7 Å². The normalized spacial score (nSPS) is 10.2. The smallest absolute Gasteiger partial charge is 0.129 e. The van der Waals surface area contributed by atoms with Crippen molar-refractivity contribution in [3.63, 3.8) is 0 Å². The average molecular weight is 358 g/mol. The summed E-state index contributed by atoms with van der Waals surface area (Å²) in [7, 11) is 0. The van der Waals surface area contributed by atoms with Gasteiger partial charge >= 0.3 is 0 Å². The van der Waals surface area contributed by atoms with Crippen molar-refractivity contribution in [2.24, 2.45) is 0 Å². The van der Waals surface area contributed by atoms with Gasteiger partial charge in [0.15, 0.2) is 0 Å². The molecule has 2 rings (SSSR count). The number of benzene rings is 1. The highest BCUT2D eigenvalue weighted by atomic mass is 79.9. The number of nitrogens with zero attached hydrogens (tertiary/aromatic N) is 2. The Kier molecular flexibility index (Phi) is 3.65. The van der Waals surface area contributed by atoms with E-state index in [1.54, 1.807) is 29.0 Å². The van der Waals surface area contributed by atoms with E-state index < -0.39 is 0 Å². The Hall–Kier alpha value is -1.12. The van der Waals surface area contributed by atoms with Crippen LogP contribution in [0.4, 0.5) is 4.39 Å². The molecule has 1 aromatic heterocycles. The van der Waals surface area contributed by atoms with Crippen molar-refractivity contribution in [3.05, 3.63) is 52.0 Å². The van der Waals surface area contributed by atoms with Crippen LogP contribution in [0, 0.1) is 17.1 Å². The van der Waals surface area contributed by atoms with E-state index in [2.05, 4.69) is 37.9 Å². The Morgan fingerprint density at radius 3 is 2.71 bits per heavy atom. The van der Waals surface area contributed by atoms with Crippen molar-refractivity contribution in [2.45, 2.75) is 5.33 Å². The molecule has 0 radical (unpaired) electrons. The van der Waals surface area contributed by atoms with E-state index in [-0.39, 0.29) is 5.82 Å². The maximum Gasteiger partial charge on any atom is 0.129 e. The lowest BCUT2D eigenvalue weighted by Crippen LogP contribution is -1.97. The summed E-state index contributed by atoms with van der Waals surface area (Å²) in [5, 5.41) is 9.44. The average Bonchev–Trinajstić information content (AvgIpc) is 2.70. The minimum Gasteiger partial charge on any atom is -0.307 e. The molecule has 1 aromatic carbocycles. The van der Waals surface area contributed by atoms with Gasteiger partial charge in [-0.3, -0.25) is 0 Å². The van der Waals surface area contributed by atoms with Crippen molar-refractivity contribution in [1.29, 1.82) is 5.26 Å². The van der Waals surface area contributed by atoms with Gasteiger partial charge in [-0.2, -0.15) is 5.26 Å².